The molecule has 0 unspecified atom stereocenters. The summed E-state index contributed by atoms with van der Waals surface area (Å²) in [5.74, 6) is -0.453. The summed E-state index contributed by atoms with van der Waals surface area (Å²) in [6, 6.07) is 8.90. The van der Waals surface area contributed by atoms with Crippen LogP contribution < -0.4 is 16.6 Å². The molecule has 1 aromatic carbocycles. The molecule has 3 aromatic rings. The Labute approximate surface area is 160 Å². The Hall–Kier alpha value is -2.93. The molecule has 8 heteroatoms. The van der Waals surface area contributed by atoms with E-state index in [1.807, 2.05) is 6.07 Å². The van der Waals surface area contributed by atoms with Crippen molar-refractivity contribution < 1.29 is 4.79 Å². The van der Waals surface area contributed by atoms with E-state index in [1.165, 1.54) is 11.6 Å². The molecule has 7 nitrogen and oxygen atoms in total. The lowest BCUT2D eigenvalue weighted by atomic mass is 10.2. The Kier molecular flexibility index (Phi) is 5.14. The first-order chi connectivity index (χ1) is 12.8. The smallest absolute Gasteiger partial charge is 0.332 e. The summed E-state index contributed by atoms with van der Waals surface area (Å²) in [7, 11) is 1.54. The maximum absolute atomic E-state index is 12.8. The number of amides is 1. The number of benzene rings is 1. The van der Waals surface area contributed by atoms with Crippen LogP contribution in [0.25, 0.3) is 11.0 Å². The molecule has 27 heavy (non-hydrogen) atoms. The van der Waals surface area contributed by atoms with E-state index in [0.29, 0.717) is 27.3 Å². The quantitative estimate of drug-likeness (QED) is 0.739. The summed E-state index contributed by atoms with van der Waals surface area (Å²) in [5.41, 5.74) is 1.38. The average molecular weight is 387 g/mol. The molecule has 2 aromatic heterocycles. The Balaban J connectivity index is 1.93. The minimum atomic E-state index is -0.585. The van der Waals surface area contributed by atoms with Crippen molar-refractivity contribution in [3.63, 3.8) is 0 Å². The van der Waals surface area contributed by atoms with Gasteiger partial charge in [-0.15, -0.1) is 0 Å². The molecule has 0 saturated carbocycles. The number of hydrogen-bond acceptors (Lipinski definition) is 4. The van der Waals surface area contributed by atoms with E-state index in [4.69, 9.17) is 11.6 Å². The van der Waals surface area contributed by atoms with Gasteiger partial charge < -0.3 is 5.32 Å². The van der Waals surface area contributed by atoms with Crippen LogP contribution in [0, 0.1) is 13.8 Å². The zero-order valence-corrected chi connectivity index (χ0v) is 16.0. The third-order valence-electron chi connectivity index (χ3n) is 4.36. The van der Waals surface area contributed by atoms with E-state index < -0.39 is 17.2 Å². The summed E-state index contributed by atoms with van der Waals surface area (Å²) < 4.78 is 2.21. The molecule has 1 N–H and O–H groups in total. The third kappa shape index (κ3) is 3.64. The minimum Gasteiger partial charge on any atom is -0.350 e. The molecule has 140 valence electrons. The Morgan fingerprint density at radius 1 is 1.22 bits per heavy atom. The zero-order chi connectivity index (χ0) is 19.7. The normalized spacial score (nSPS) is 11.0. The first kappa shape index (κ1) is 18.8. The fourth-order valence-electron chi connectivity index (χ4n) is 2.99. The highest BCUT2D eigenvalue weighted by atomic mass is 35.5. The Bertz CT molecular complexity index is 1160. The molecule has 0 atom stereocenters. The van der Waals surface area contributed by atoms with Gasteiger partial charge in [0, 0.05) is 24.3 Å². The molecule has 1 amide bonds. The maximum Gasteiger partial charge on any atom is 0.332 e. The lowest BCUT2D eigenvalue weighted by molar-refractivity contribution is -0.121. The molecule has 0 aliphatic heterocycles. The molecule has 0 fully saturated rings. The minimum absolute atomic E-state index is 0.209. The van der Waals surface area contributed by atoms with Gasteiger partial charge in [-0.25, -0.2) is 9.78 Å². The van der Waals surface area contributed by atoms with Crippen LogP contribution in [0.15, 0.2) is 39.9 Å². The number of nitrogens with zero attached hydrogens (tertiary/aromatic N) is 3. The third-order valence-corrected chi connectivity index (χ3v) is 4.72. The van der Waals surface area contributed by atoms with Gasteiger partial charge in [0.05, 0.1) is 5.39 Å². The van der Waals surface area contributed by atoms with Gasteiger partial charge in [-0.1, -0.05) is 29.8 Å². The lowest BCUT2D eigenvalue weighted by Crippen LogP contribution is -2.43. The number of carbonyl (C=O) groups excluding carboxylic acids is 1. The topological polar surface area (TPSA) is 86.0 Å². The van der Waals surface area contributed by atoms with Crippen molar-refractivity contribution in [3.05, 3.63) is 73.0 Å². The zero-order valence-electron chi connectivity index (χ0n) is 15.2. The van der Waals surface area contributed by atoms with Crippen molar-refractivity contribution in [2.75, 3.05) is 0 Å². The van der Waals surface area contributed by atoms with Crippen molar-refractivity contribution in [2.24, 2.45) is 7.05 Å². The van der Waals surface area contributed by atoms with Crippen molar-refractivity contribution >= 4 is 28.5 Å². The summed E-state index contributed by atoms with van der Waals surface area (Å²) in [6.45, 7) is 3.41. The fraction of sp³-hybridized carbons (Fsp3) is 0.263. The molecule has 0 spiro atoms. The van der Waals surface area contributed by atoms with E-state index in [1.54, 1.807) is 38.1 Å². The average Bonchev–Trinajstić information content (AvgIpc) is 2.62. The van der Waals surface area contributed by atoms with Crippen molar-refractivity contribution in [2.45, 2.75) is 26.9 Å². The number of halogens is 1. The van der Waals surface area contributed by atoms with Crippen LogP contribution in [-0.4, -0.2) is 20.0 Å². The van der Waals surface area contributed by atoms with E-state index in [2.05, 4.69) is 10.3 Å². The molecule has 0 saturated heterocycles. The summed E-state index contributed by atoms with van der Waals surface area (Å²) in [6.07, 6.45) is 0. The van der Waals surface area contributed by atoms with Gasteiger partial charge in [-0.2, -0.15) is 0 Å². The number of nitrogens with one attached hydrogen (secondary N) is 1. The summed E-state index contributed by atoms with van der Waals surface area (Å²) in [4.78, 5) is 42.0. The predicted molar refractivity (Wildman–Crippen MR) is 104 cm³/mol. The van der Waals surface area contributed by atoms with Crippen LogP contribution in [0.1, 0.15) is 16.8 Å². The SMILES string of the molecule is Cc1cc(C)c2c(=O)n(CC(=O)NCc3ccccc3Cl)c(=O)n(C)c2n1. The highest BCUT2D eigenvalue weighted by Crippen LogP contribution is 2.14. The molecule has 0 radical (unpaired) electrons. The van der Waals surface area contributed by atoms with Gasteiger partial charge in [0.1, 0.15) is 12.2 Å². The molecule has 0 aliphatic rings. The van der Waals surface area contributed by atoms with Crippen LogP contribution in [0.3, 0.4) is 0 Å². The monoisotopic (exact) mass is 386 g/mol. The molecular weight excluding hydrogens is 368 g/mol. The molecule has 0 bridgehead atoms. The van der Waals surface area contributed by atoms with Crippen LogP contribution in [-0.2, 0) is 24.9 Å². The van der Waals surface area contributed by atoms with Crippen LogP contribution >= 0.6 is 11.6 Å². The Morgan fingerprint density at radius 3 is 2.63 bits per heavy atom. The van der Waals surface area contributed by atoms with Crippen molar-refractivity contribution in [1.82, 2.24) is 19.4 Å². The lowest BCUT2D eigenvalue weighted by Gasteiger charge is -2.12. The van der Waals surface area contributed by atoms with Gasteiger partial charge in [0.2, 0.25) is 5.91 Å². The van der Waals surface area contributed by atoms with Gasteiger partial charge in [0.15, 0.2) is 0 Å². The van der Waals surface area contributed by atoms with Crippen molar-refractivity contribution in [3.8, 4) is 0 Å². The van der Waals surface area contributed by atoms with Crippen LogP contribution in [0.2, 0.25) is 5.02 Å². The second-order valence-corrected chi connectivity index (χ2v) is 6.79. The highest BCUT2D eigenvalue weighted by molar-refractivity contribution is 6.31. The van der Waals surface area contributed by atoms with Crippen LogP contribution in [0.5, 0.6) is 0 Å². The standard InChI is InChI=1S/C19H19ClN4O3/c1-11-8-12(2)22-17-16(11)18(26)24(19(27)23(17)3)10-15(25)21-9-13-6-4-5-7-14(13)20/h4-8H,9-10H2,1-3H3,(H,21,25). The molecule has 2 heterocycles. The first-order valence-electron chi connectivity index (χ1n) is 8.37. The highest BCUT2D eigenvalue weighted by Gasteiger charge is 2.16. The summed E-state index contributed by atoms with van der Waals surface area (Å²) in [5, 5.41) is 3.56. The van der Waals surface area contributed by atoms with Crippen LogP contribution in [0.4, 0.5) is 0 Å². The number of hydrogen-bond donors (Lipinski definition) is 1. The molecular formula is C19H19ClN4O3. The largest absolute Gasteiger partial charge is 0.350 e. The van der Waals surface area contributed by atoms with E-state index in [9.17, 15) is 14.4 Å². The first-order valence-corrected chi connectivity index (χ1v) is 8.75. The molecule has 3 rings (SSSR count). The van der Waals surface area contributed by atoms with Gasteiger partial charge >= 0.3 is 5.69 Å². The predicted octanol–water partition coefficient (Wildman–Crippen LogP) is 1.68. The number of carbonyl (C=O) groups is 1. The van der Waals surface area contributed by atoms with Gasteiger partial charge in [-0.3, -0.25) is 18.7 Å². The fourth-order valence-corrected chi connectivity index (χ4v) is 3.19. The number of aryl methyl sites for hydroxylation is 3. The second-order valence-electron chi connectivity index (χ2n) is 6.38. The van der Waals surface area contributed by atoms with E-state index >= 15 is 0 Å². The number of aromatic nitrogens is 3. The van der Waals surface area contributed by atoms with E-state index in [-0.39, 0.29) is 13.1 Å². The maximum atomic E-state index is 12.8. The van der Waals surface area contributed by atoms with Gasteiger partial charge in [0.25, 0.3) is 5.56 Å². The number of rotatable bonds is 4. The second kappa shape index (κ2) is 7.36. The number of pyridine rings is 1. The number of fused-ring (bicyclic) bond motifs is 1. The van der Waals surface area contributed by atoms with Gasteiger partial charge in [-0.05, 0) is 37.1 Å². The molecule has 0 aliphatic carbocycles. The summed E-state index contributed by atoms with van der Waals surface area (Å²) >= 11 is 6.07. The van der Waals surface area contributed by atoms with E-state index in [0.717, 1.165) is 10.1 Å². The Morgan fingerprint density at radius 2 is 1.93 bits per heavy atom. The van der Waals surface area contributed by atoms with Crippen molar-refractivity contribution in [1.29, 1.82) is 0 Å².